The lowest BCUT2D eigenvalue weighted by Crippen LogP contribution is -2.37. The second-order valence-corrected chi connectivity index (χ2v) is 6.19. The highest BCUT2D eigenvalue weighted by Gasteiger charge is 2.13. The number of aliphatic hydroxyl groups excluding tert-OH is 2. The number of benzene rings is 2. The summed E-state index contributed by atoms with van der Waals surface area (Å²) in [6, 6.07) is 14.0. The van der Waals surface area contributed by atoms with Crippen molar-refractivity contribution < 1.29 is 15.0 Å². The zero-order chi connectivity index (χ0) is 18.2. The van der Waals surface area contributed by atoms with Crippen LogP contribution in [-0.4, -0.2) is 43.1 Å². The van der Waals surface area contributed by atoms with E-state index in [0.717, 1.165) is 11.1 Å². The van der Waals surface area contributed by atoms with Gasteiger partial charge < -0.3 is 20.8 Å². The highest BCUT2D eigenvalue weighted by molar-refractivity contribution is 6.60. The van der Waals surface area contributed by atoms with Crippen LogP contribution in [0.2, 0.25) is 5.02 Å². The normalized spacial score (nSPS) is 13.2. The number of hydrogen-bond acceptors (Lipinski definition) is 4. The van der Waals surface area contributed by atoms with Crippen molar-refractivity contribution in [3.8, 4) is 0 Å². The minimum Gasteiger partial charge on any atom is -0.395 e. The van der Waals surface area contributed by atoms with Crippen LogP contribution in [0.25, 0.3) is 0 Å². The summed E-state index contributed by atoms with van der Waals surface area (Å²) in [5, 5.41) is 26.0. The van der Waals surface area contributed by atoms with Crippen LogP contribution in [0.3, 0.4) is 0 Å². The summed E-state index contributed by atoms with van der Waals surface area (Å²) < 4.78 is 0. The minimum absolute atomic E-state index is 0.0659. The van der Waals surface area contributed by atoms with Crippen LogP contribution in [0.1, 0.15) is 17.2 Å². The van der Waals surface area contributed by atoms with Gasteiger partial charge in [-0.25, -0.2) is 0 Å². The molecule has 7 heteroatoms. The molecule has 4 N–H and O–H groups in total. The molecule has 0 bridgehead atoms. The van der Waals surface area contributed by atoms with E-state index >= 15 is 0 Å². The Morgan fingerprint density at radius 3 is 2.52 bits per heavy atom. The zero-order valence-corrected chi connectivity index (χ0v) is 14.4. The van der Waals surface area contributed by atoms with E-state index in [1.165, 1.54) is 0 Å². The van der Waals surface area contributed by atoms with E-state index in [1.807, 2.05) is 12.1 Å². The van der Waals surface area contributed by atoms with Gasteiger partial charge in [0.15, 0.2) is 5.81 Å². The smallest absolute Gasteiger partial charge is 0.201 e. The molecule has 5 nitrogen and oxygen atoms in total. The number of anilines is 1. The highest BCUT2D eigenvalue weighted by Crippen LogP contribution is 2.17. The Labute approximate surface area is 153 Å². The average molecular weight is 359 g/mol. The Kier molecular flexibility index (Phi) is 7.46. The SMILES string of the molecule is [B]C(=O)Nc1ccc(C[C@@H](CO)NC[C@H](O)c2cccc(Cl)c2)cc1. The zero-order valence-electron chi connectivity index (χ0n) is 13.7. The quantitative estimate of drug-likeness (QED) is 0.546. The molecule has 0 aliphatic rings. The number of halogens is 1. The minimum atomic E-state index is -0.713. The predicted octanol–water partition coefficient (Wildman–Crippen LogP) is 2.27. The summed E-state index contributed by atoms with van der Waals surface area (Å²) in [4.78, 5) is 10.8. The van der Waals surface area contributed by atoms with Gasteiger partial charge >= 0.3 is 0 Å². The largest absolute Gasteiger partial charge is 0.395 e. The molecule has 0 heterocycles. The molecule has 2 radical (unpaired) electrons. The number of carbonyl (C=O) groups excluding carboxylic acids is 1. The average Bonchev–Trinajstić information content (AvgIpc) is 2.59. The Bertz CT molecular complexity index is 697. The van der Waals surface area contributed by atoms with E-state index in [4.69, 9.17) is 19.4 Å². The van der Waals surface area contributed by atoms with E-state index in [2.05, 4.69) is 10.6 Å². The van der Waals surface area contributed by atoms with E-state index in [-0.39, 0.29) is 12.6 Å². The number of nitrogens with one attached hydrogen (secondary N) is 2. The van der Waals surface area contributed by atoms with Crippen molar-refractivity contribution in [2.45, 2.75) is 18.6 Å². The molecule has 0 saturated carbocycles. The molecule has 25 heavy (non-hydrogen) atoms. The molecule has 2 atom stereocenters. The fourth-order valence-electron chi connectivity index (χ4n) is 2.46. The van der Waals surface area contributed by atoms with Crippen molar-refractivity contribution in [3.05, 3.63) is 64.7 Å². The maximum absolute atomic E-state index is 10.8. The maximum Gasteiger partial charge on any atom is 0.201 e. The molecular formula is C18H20BClN2O3. The van der Waals surface area contributed by atoms with Gasteiger partial charge in [0.2, 0.25) is 7.85 Å². The predicted molar refractivity (Wildman–Crippen MR) is 100 cm³/mol. The third-order valence-electron chi connectivity index (χ3n) is 3.76. The van der Waals surface area contributed by atoms with Crippen LogP contribution in [0.5, 0.6) is 0 Å². The molecule has 0 aliphatic heterocycles. The number of rotatable bonds is 8. The molecule has 2 aromatic carbocycles. The van der Waals surface area contributed by atoms with Crippen molar-refractivity contribution in [1.29, 1.82) is 0 Å². The van der Waals surface area contributed by atoms with Gasteiger partial charge in [0.1, 0.15) is 0 Å². The van der Waals surface area contributed by atoms with Crippen molar-refractivity contribution in [2.24, 2.45) is 0 Å². The van der Waals surface area contributed by atoms with Crippen LogP contribution in [0, 0.1) is 0 Å². The highest BCUT2D eigenvalue weighted by atomic mass is 35.5. The van der Waals surface area contributed by atoms with Crippen molar-refractivity contribution in [1.82, 2.24) is 5.32 Å². The van der Waals surface area contributed by atoms with Crippen LogP contribution in [0.4, 0.5) is 10.5 Å². The second-order valence-electron chi connectivity index (χ2n) is 5.75. The lowest BCUT2D eigenvalue weighted by molar-refractivity contribution is 0.158. The molecule has 0 saturated heterocycles. The Balaban J connectivity index is 1.88. The summed E-state index contributed by atoms with van der Waals surface area (Å²) in [6.07, 6.45) is -0.134. The third kappa shape index (κ3) is 6.51. The third-order valence-corrected chi connectivity index (χ3v) is 3.99. The molecule has 0 aliphatic carbocycles. The second kappa shape index (κ2) is 9.58. The van der Waals surface area contributed by atoms with Gasteiger partial charge in [-0.2, -0.15) is 0 Å². The summed E-state index contributed by atoms with van der Waals surface area (Å²) >= 11 is 5.92. The van der Waals surface area contributed by atoms with E-state index in [1.54, 1.807) is 36.4 Å². The van der Waals surface area contributed by atoms with E-state index in [9.17, 15) is 15.0 Å². The van der Waals surface area contributed by atoms with Gasteiger partial charge in [0, 0.05) is 23.3 Å². The lowest BCUT2D eigenvalue weighted by Gasteiger charge is -2.19. The van der Waals surface area contributed by atoms with Gasteiger partial charge in [-0.1, -0.05) is 35.9 Å². The van der Waals surface area contributed by atoms with E-state index < -0.39 is 11.9 Å². The van der Waals surface area contributed by atoms with Crippen molar-refractivity contribution in [3.63, 3.8) is 0 Å². The molecule has 2 aromatic rings. The van der Waals surface area contributed by atoms with Gasteiger partial charge in [0.05, 0.1) is 12.7 Å². The molecule has 0 aromatic heterocycles. The summed E-state index contributed by atoms with van der Waals surface area (Å²) in [5.74, 6) is -0.613. The Morgan fingerprint density at radius 1 is 1.20 bits per heavy atom. The van der Waals surface area contributed by atoms with Crippen LogP contribution in [0.15, 0.2) is 48.5 Å². The monoisotopic (exact) mass is 358 g/mol. The van der Waals surface area contributed by atoms with Crippen LogP contribution < -0.4 is 10.6 Å². The number of hydrogen-bond donors (Lipinski definition) is 4. The first-order valence-corrected chi connectivity index (χ1v) is 8.29. The van der Waals surface area contributed by atoms with Crippen molar-refractivity contribution in [2.75, 3.05) is 18.5 Å². The van der Waals surface area contributed by atoms with Gasteiger partial charge in [-0.15, -0.1) is 0 Å². The van der Waals surface area contributed by atoms with Gasteiger partial charge in [-0.05, 0) is 41.8 Å². The van der Waals surface area contributed by atoms with Gasteiger partial charge in [-0.3, -0.25) is 4.79 Å². The van der Waals surface area contributed by atoms with Crippen molar-refractivity contribution >= 4 is 30.9 Å². The number of amides is 1. The molecule has 2 rings (SSSR count). The summed E-state index contributed by atoms with van der Waals surface area (Å²) in [5.41, 5.74) is 2.32. The van der Waals surface area contributed by atoms with Crippen LogP contribution in [-0.2, 0) is 6.42 Å². The Hall–Kier alpha value is -1.86. The fourth-order valence-corrected chi connectivity index (χ4v) is 2.66. The maximum atomic E-state index is 10.8. The van der Waals surface area contributed by atoms with Gasteiger partial charge in [0.25, 0.3) is 0 Å². The first-order valence-electron chi connectivity index (χ1n) is 7.91. The molecule has 1 amide bonds. The molecule has 0 fully saturated rings. The summed E-state index contributed by atoms with van der Waals surface area (Å²) in [7, 11) is 5.06. The standard InChI is InChI=1S/C18H20BClN2O3/c19-18(25)22-15-6-4-12(5-7-15)8-16(11-23)21-10-17(24)13-2-1-3-14(20)9-13/h1-7,9,16-17,21,23-24H,8,10-11H2,(H,22,25)/t16-,17-/m0/s1. The molecule has 0 spiro atoms. The Morgan fingerprint density at radius 2 is 1.92 bits per heavy atom. The molecule has 130 valence electrons. The fraction of sp³-hybridized carbons (Fsp3) is 0.278. The first kappa shape index (κ1) is 19.5. The number of aliphatic hydroxyl groups is 2. The number of carbonyl (C=O) groups is 1. The van der Waals surface area contributed by atoms with Crippen LogP contribution >= 0.6 is 11.6 Å². The lowest BCUT2D eigenvalue weighted by atomic mass is 10.0. The molecular weight excluding hydrogens is 338 g/mol. The van der Waals surface area contributed by atoms with E-state index in [0.29, 0.717) is 23.7 Å². The first-order chi connectivity index (χ1) is 12.0. The summed E-state index contributed by atoms with van der Waals surface area (Å²) in [6.45, 7) is 0.233. The topological polar surface area (TPSA) is 81.6 Å². The molecule has 0 unspecified atom stereocenters.